The van der Waals surface area contributed by atoms with Crippen LogP contribution < -0.4 is 5.32 Å². The average Bonchev–Trinajstić information content (AvgIpc) is 2.33. The molecule has 1 aromatic carbocycles. The van der Waals surface area contributed by atoms with Crippen LogP contribution in [0.2, 0.25) is 0 Å². The van der Waals surface area contributed by atoms with E-state index in [4.69, 9.17) is 4.74 Å². The normalized spacial score (nSPS) is 11.8. The fraction of sp³-hybridized carbons (Fsp3) is 0.625. The van der Waals surface area contributed by atoms with Crippen molar-refractivity contribution in [3.05, 3.63) is 33.8 Å². The van der Waals surface area contributed by atoms with Crippen molar-refractivity contribution >= 4 is 15.9 Å². The average molecular weight is 328 g/mol. The van der Waals surface area contributed by atoms with E-state index in [9.17, 15) is 0 Å². The van der Waals surface area contributed by atoms with E-state index < -0.39 is 0 Å². The van der Waals surface area contributed by atoms with Crippen LogP contribution in [0.5, 0.6) is 0 Å². The van der Waals surface area contributed by atoms with Crippen LogP contribution in [0.25, 0.3) is 0 Å². The predicted octanol–water partition coefficient (Wildman–Crippen LogP) is 4.65. The third kappa shape index (κ3) is 7.09. The number of hydrogen-bond acceptors (Lipinski definition) is 2. The first-order valence-corrected chi connectivity index (χ1v) is 7.82. The Morgan fingerprint density at radius 2 is 2.00 bits per heavy atom. The highest BCUT2D eigenvalue weighted by Crippen LogP contribution is 2.20. The van der Waals surface area contributed by atoms with Crippen molar-refractivity contribution in [2.24, 2.45) is 0 Å². The van der Waals surface area contributed by atoms with Crippen LogP contribution >= 0.6 is 15.9 Å². The number of ether oxygens (including phenoxy) is 1. The lowest BCUT2D eigenvalue weighted by Gasteiger charge is -2.20. The first-order valence-electron chi connectivity index (χ1n) is 7.02. The summed E-state index contributed by atoms with van der Waals surface area (Å²) in [7, 11) is 0. The molecule has 0 aromatic heterocycles. The van der Waals surface area contributed by atoms with Gasteiger partial charge in [-0.15, -0.1) is 0 Å². The molecule has 0 radical (unpaired) electrons. The molecule has 1 rings (SSSR count). The van der Waals surface area contributed by atoms with E-state index in [-0.39, 0.29) is 5.54 Å². The molecular weight excluding hydrogens is 302 g/mol. The molecule has 0 bridgehead atoms. The van der Waals surface area contributed by atoms with Crippen LogP contribution in [0, 0.1) is 0 Å². The van der Waals surface area contributed by atoms with Crippen molar-refractivity contribution in [1.82, 2.24) is 5.32 Å². The quantitative estimate of drug-likeness (QED) is 0.736. The first-order chi connectivity index (χ1) is 8.92. The molecule has 0 aliphatic heterocycles. The molecule has 0 saturated heterocycles. The van der Waals surface area contributed by atoms with Gasteiger partial charge in [-0.25, -0.2) is 0 Å². The summed E-state index contributed by atoms with van der Waals surface area (Å²) in [4.78, 5) is 0. The summed E-state index contributed by atoms with van der Waals surface area (Å²) < 4.78 is 6.79. The summed E-state index contributed by atoms with van der Waals surface area (Å²) in [6.45, 7) is 11.1. The van der Waals surface area contributed by atoms with E-state index in [1.165, 1.54) is 17.5 Å². The monoisotopic (exact) mass is 327 g/mol. The van der Waals surface area contributed by atoms with E-state index in [2.05, 4.69) is 67.1 Å². The number of benzene rings is 1. The molecule has 108 valence electrons. The summed E-state index contributed by atoms with van der Waals surface area (Å²) in [5.74, 6) is 0. The molecule has 0 aliphatic rings. The van der Waals surface area contributed by atoms with Crippen molar-refractivity contribution < 1.29 is 4.74 Å². The molecule has 0 heterocycles. The summed E-state index contributed by atoms with van der Waals surface area (Å²) in [5.41, 5.74) is 2.66. The molecule has 0 atom stereocenters. The van der Waals surface area contributed by atoms with Gasteiger partial charge in [0.1, 0.15) is 0 Å². The van der Waals surface area contributed by atoms with E-state index >= 15 is 0 Å². The number of nitrogens with one attached hydrogen (secondary N) is 1. The summed E-state index contributed by atoms with van der Waals surface area (Å²) in [5, 5.41) is 3.49. The van der Waals surface area contributed by atoms with Gasteiger partial charge in [0.15, 0.2) is 0 Å². The number of halogens is 1. The molecule has 0 fully saturated rings. The van der Waals surface area contributed by atoms with Crippen molar-refractivity contribution in [3.8, 4) is 0 Å². The van der Waals surface area contributed by atoms with E-state index in [0.717, 1.165) is 24.0 Å². The summed E-state index contributed by atoms with van der Waals surface area (Å²) in [6, 6.07) is 6.50. The number of rotatable bonds is 7. The van der Waals surface area contributed by atoms with Gasteiger partial charge in [-0.1, -0.05) is 41.4 Å². The number of hydrogen-bond donors (Lipinski definition) is 1. The largest absolute Gasteiger partial charge is 0.377 e. The molecule has 0 aliphatic carbocycles. The van der Waals surface area contributed by atoms with E-state index in [0.29, 0.717) is 6.61 Å². The molecular formula is C16H26BrNO. The van der Waals surface area contributed by atoms with Gasteiger partial charge in [0.2, 0.25) is 0 Å². The minimum atomic E-state index is 0.147. The zero-order chi connectivity index (χ0) is 14.3. The first kappa shape index (κ1) is 16.7. The highest BCUT2D eigenvalue weighted by molar-refractivity contribution is 9.10. The van der Waals surface area contributed by atoms with Crippen LogP contribution in [0.4, 0.5) is 0 Å². The Morgan fingerprint density at radius 3 is 2.58 bits per heavy atom. The summed E-state index contributed by atoms with van der Waals surface area (Å²) >= 11 is 3.63. The second-order valence-electron chi connectivity index (χ2n) is 5.94. The molecule has 0 amide bonds. The topological polar surface area (TPSA) is 21.3 Å². The Labute approximate surface area is 126 Å². The van der Waals surface area contributed by atoms with Crippen LogP contribution in [-0.2, 0) is 17.9 Å². The van der Waals surface area contributed by atoms with Crippen LogP contribution in [-0.4, -0.2) is 12.1 Å². The van der Waals surface area contributed by atoms with Crippen molar-refractivity contribution in [3.63, 3.8) is 0 Å². The molecule has 1 aromatic rings. The van der Waals surface area contributed by atoms with E-state index in [1.54, 1.807) is 0 Å². The lowest BCUT2D eigenvalue weighted by atomic mass is 10.1. The lowest BCUT2D eigenvalue weighted by molar-refractivity contribution is 0.117. The zero-order valence-electron chi connectivity index (χ0n) is 12.6. The van der Waals surface area contributed by atoms with Gasteiger partial charge in [-0.3, -0.25) is 0 Å². The zero-order valence-corrected chi connectivity index (χ0v) is 14.1. The van der Waals surface area contributed by atoms with Crippen LogP contribution in [0.3, 0.4) is 0 Å². The van der Waals surface area contributed by atoms with Crippen molar-refractivity contribution in [1.29, 1.82) is 0 Å². The molecule has 3 heteroatoms. The predicted molar refractivity (Wildman–Crippen MR) is 85.3 cm³/mol. The molecule has 2 nitrogen and oxygen atoms in total. The van der Waals surface area contributed by atoms with Crippen molar-refractivity contribution in [2.75, 3.05) is 6.61 Å². The maximum absolute atomic E-state index is 5.65. The van der Waals surface area contributed by atoms with Gasteiger partial charge in [-0.2, -0.15) is 0 Å². The molecule has 0 spiro atoms. The maximum atomic E-state index is 5.65. The van der Waals surface area contributed by atoms with Crippen LogP contribution in [0.1, 0.15) is 51.7 Å². The Bertz CT molecular complexity index is 385. The molecule has 0 unspecified atom stereocenters. The Kier molecular flexibility index (Phi) is 7.05. The Hall–Kier alpha value is -0.380. The molecule has 0 saturated carbocycles. The van der Waals surface area contributed by atoms with Gasteiger partial charge in [0.05, 0.1) is 6.61 Å². The van der Waals surface area contributed by atoms with Gasteiger partial charge in [0, 0.05) is 23.2 Å². The minimum Gasteiger partial charge on any atom is -0.377 e. The lowest BCUT2D eigenvalue weighted by Crippen LogP contribution is -2.35. The van der Waals surface area contributed by atoms with Gasteiger partial charge in [0.25, 0.3) is 0 Å². The highest BCUT2D eigenvalue weighted by Gasteiger charge is 2.09. The van der Waals surface area contributed by atoms with Crippen LogP contribution in [0.15, 0.2) is 22.7 Å². The van der Waals surface area contributed by atoms with Crippen molar-refractivity contribution in [2.45, 2.75) is 59.2 Å². The Morgan fingerprint density at radius 1 is 1.26 bits per heavy atom. The number of unbranched alkanes of at least 4 members (excludes halogenated alkanes) is 1. The SMILES string of the molecule is CCCCOCc1ccc(CNC(C)(C)C)cc1Br. The third-order valence-electron chi connectivity index (χ3n) is 2.84. The van der Waals surface area contributed by atoms with E-state index in [1.807, 2.05) is 0 Å². The second-order valence-corrected chi connectivity index (χ2v) is 6.79. The Balaban J connectivity index is 2.49. The molecule has 1 N–H and O–H groups in total. The second kappa shape index (κ2) is 8.03. The van der Waals surface area contributed by atoms with Gasteiger partial charge in [-0.05, 0) is 44.4 Å². The fourth-order valence-electron chi connectivity index (χ4n) is 1.61. The molecule has 19 heavy (non-hydrogen) atoms. The summed E-state index contributed by atoms with van der Waals surface area (Å²) in [6.07, 6.45) is 2.31. The highest BCUT2D eigenvalue weighted by atomic mass is 79.9. The van der Waals surface area contributed by atoms with Gasteiger partial charge >= 0.3 is 0 Å². The maximum Gasteiger partial charge on any atom is 0.0727 e. The standard InChI is InChI=1S/C16H26BrNO/c1-5-6-9-19-12-14-8-7-13(10-15(14)17)11-18-16(2,3)4/h7-8,10,18H,5-6,9,11-12H2,1-4H3. The van der Waals surface area contributed by atoms with Gasteiger partial charge < -0.3 is 10.1 Å². The minimum absolute atomic E-state index is 0.147. The smallest absolute Gasteiger partial charge is 0.0727 e. The third-order valence-corrected chi connectivity index (χ3v) is 3.58. The fourth-order valence-corrected chi connectivity index (χ4v) is 2.15.